The summed E-state index contributed by atoms with van der Waals surface area (Å²) in [5, 5.41) is 7.21. The van der Waals surface area contributed by atoms with Crippen molar-refractivity contribution in [3.05, 3.63) is 0 Å². The molecule has 1 heterocycles. The number of hydrogen-bond donors (Lipinski definition) is 2. The van der Waals surface area contributed by atoms with E-state index < -0.39 is 0 Å². The van der Waals surface area contributed by atoms with E-state index in [0.29, 0.717) is 5.84 Å². The Morgan fingerprint density at radius 3 is 2.13 bits per heavy atom. The fourth-order valence-electron chi connectivity index (χ4n) is 2.12. The van der Waals surface area contributed by atoms with E-state index >= 15 is 0 Å². The Morgan fingerprint density at radius 1 is 1.13 bits per heavy atom. The van der Waals surface area contributed by atoms with Crippen LogP contribution in [0.1, 0.15) is 12.8 Å². The minimum absolute atomic E-state index is 0.328. The van der Waals surface area contributed by atoms with Gasteiger partial charge in [0.25, 0.3) is 0 Å². The van der Waals surface area contributed by atoms with Gasteiger partial charge in [0.2, 0.25) is 0 Å². The van der Waals surface area contributed by atoms with Crippen molar-refractivity contribution < 1.29 is 8.97 Å². The van der Waals surface area contributed by atoms with E-state index in [1.54, 1.807) is 0 Å². The van der Waals surface area contributed by atoms with Crippen molar-refractivity contribution in [3.8, 4) is 0 Å². The highest BCUT2D eigenvalue weighted by atomic mass is 15.4. The highest BCUT2D eigenvalue weighted by Gasteiger charge is 2.33. The number of rotatable bonds is 4. The Morgan fingerprint density at radius 2 is 1.67 bits per heavy atom. The van der Waals surface area contributed by atoms with Gasteiger partial charge in [-0.3, -0.25) is 5.41 Å². The third-order valence-electron chi connectivity index (χ3n) is 3.63. The summed E-state index contributed by atoms with van der Waals surface area (Å²) in [5.41, 5.74) is 5.37. The summed E-state index contributed by atoms with van der Waals surface area (Å²) < 4.78 is 2.31. The number of likely N-dealkylation sites (N-methyl/N-ethyl adjacent to an activating group) is 2. The second-order valence-corrected chi connectivity index (χ2v) is 5.80. The van der Waals surface area contributed by atoms with Gasteiger partial charge in [-0.25, -0.2) is 0 Å². The van der Waals surface area contributed by atoms with Crippen LogP contribution in [0.3, 0.4) is 0 Å². The second-order valence-electron chi connectivity index (χ2n) is 5.80. The number of nitrogens with zero attached hydrogens (tertiary/aromatic N) is 2. The monoisotopic (exact) mass is 214 g/mol. The Balaban J connectivity index is 2.32. The molecule has 1 saturated heterocycles. The van der Waals surface area contributed by atoms with E-state index in [1.807, 2.05) is 0 Å². The normalized spacial score (nSPS) is 23.7. The molecule has 0 spiro atoms. The number of amidine groups is 1. The number of piperazine rings is 1. The first-order valence-electron chi connectivity index (χ1n) is 5.82. The summed E-state index contributed by atoms with van der Waals surface area (Å²) in [5.74, 6) is 0.328. The molecule has 88 valence electrons. The molecule has 0 amide bonds. The largest absolute Gasteiger partial charge is 0.388 e. The Bertz CT molecular complexity index is 225. The maximum absolute atomic E-state index is 7.21. The van der Waals surface area contributed by atoms with Crippen molar-refractivity contribution in [2.24, 2.45) is 5.73 Å². The number of nitrogens with two attached hydrogens (primary N) is 1. The van der Waals surface area contributed by atoms with Gasteiger partial charge in [-0.1, -0.05) is 0 Å². The molecule has 0 unspecified atom stereocenters. The molecule has 1 fully saturated rings. The van der Waals surface area contributed by atoms with Crippen molar-refractivity contribution in [1.29, 1.82) is 5.41 Å². The summed E-state index contributed by atoms with van der Waals surface area (Å²) in [4.78, 5) is 0. The zero-order chi connectivity index (χ0) is 11.5. The van der Waals surface area contributed by atoms with Gasteiger partial charge < -0.3 is 14.7 Å². The van der Waals surface area contributed by atoms with Gasteiger partial charge in [-0.15, -0.1) is 0 Å². The molecule has 15 heavy (non-hydrogen) atoms. The summed E-state index contributed by atoms with van der Waals surface area (Å²) >= 11 is 0. The van der Waals surface area contributed by atoms with Gasteiger partial charge >= 0.3 is 0 Å². The molecule has 0 saturated carbocycles. The molecular formula is C11H26N4+2. The SMILES string of the molecule is C[N+]1(C)CC[N+](C)(CCCC(=N)N)CC1. The van der Waals surface area contributed by atoms with Crippen LogP contribution >= 0.6 is 0 Å². The lowest BCUT2D eigenvalue weighted by atomic mass is 10.2. The molecule has 4 nitrogen and oxygen atoms in total. The van der Waals surface area contributed by atoms with Crippen LogP contribution in [0.15, 0.2) is 0 Å². The van der Waals surface area contributed by atoms with Gasteiger partial charge in [0, 0.05) is 12.8 Å². The lowest BCUT2D eigenvalue weighted by molar-refractivity contribution is -1.01. The predicted octanol–water partition coefficient (Wildman–Crippen LogP) is 0.239. The average molecular weight is 214 g/mol. The highest BCUT2D eigenvalue weighted by Crippen LogP contribution is 2.14. The van der Waals surface area contributed by atoms with E-state index in [-0.39, 0.29) is 0 Å². The quantitative estimate of drug-likeness (QED) is 0.393. The fraction of sp³-hybridized carbons (Fsp3) is 0.909. The maximum atomic E-state index is 7.21. The molecular weight excluding hydrogens is 188 g/mol. The van der Waals surface area contributed by atoms with Gasteiger partial charge in [0.15, 0.2) is 0 Å². The molecule has 0 atom stereocenters. The number of quaternary nitrogens is 2. The molecule has 3 N–H and O–H groups in total. The molecule has 1 aliphatic heterocycles. The van der Waals surface area contributed by atoms with E-state index in [9.17, 15) is 0 Å². The maximum Gasteiger partial charge on any atom is 0.128 e. The molecule has 1 aliphatic rings. The average Bonchev–Trinajstić information content (AvgIpc) is 2.11. The van der Waals surface area contributed by atoms with Crippen LogP contribution < -0.4 is 5.73 Å². The second kappa shape index (κ2) is 4.49. The summed E-state index contributed by atoms with van der Waals surface area (Å²) in [7, 11) is 6.94. The standard InChI is InChI=1S/C11H26N4/c1-14(2)7-9-15(3,10-8-14)6-4-5-11(12)13/h4-10H2,1-3H3,(H3,12,13)/q+2. The van der Waals surface area contributed by atoms with Crippen molar-refractivity contribution >= 4 is 5.84 Å². The van der Waals surface area contributed by atoms with Crippen LogP contribution in [0.4, 0.5) is 0 Å². The van der Waals surface area contributed by atoms with Crippen LogP contribution in [0.2, 0.25) is 0 Å². The molecule has 0 bridgehead atoms. The molecule has 0 aromatic rings. The summed E-state index contributed by atoms with van der Waals surface area (Å²) in [6.07, 6.45) is 1.81. The van der Waals surface area contributed by atoms with Crippen LogP contribution in [-0.2, 0) is 0 Å². The first-order valence-corrected chi connectivity index (χ1v) is 5.82. The summed E-state index contributed by atoms with van der Waals surface area (Å²) in [6, 6.07) is 0. The van der Waals surface area contributed by atoms with E-state index in [1.165, 1.54) is 32.7 Å². The summed E-state index contributed by atoms with van der Waals surface area (Å²) in [6.45, 7) is 6.20. The van der Waals surface area contributed by atoms with Crippen LogP contribution in [0, 0.1) is 5.41 Å². The topological polar surface area (TPSA) is 49.9 Å². The zero-order valence-corrected chi connectivity index (χ0v) is 10.4. The molecule has 1 rings (SSSR count). The van der Waals surface area contributed by atoms with Crippen molar-refractivity contribution in [2.45, 2.75) is 12.8 Å². The minimum Gasteiger partial charge on any atom is -0.388 e. The van der Waals surface area contributed by atoms with Crippen LogP contribution in [0.5, 0.6) is 0 Å². The van der Waals surface area contributed by atoms with Crippen LogP contribution in [0.25, 0.3) is 0 Å². The lowest BCUT2D eigenvalue weighted by Gasteiger charge is -2.44. The van der Waals surface area contributed by atoms with E-state index in [2.05, 4.69) is 21.1 Å². The van der Waals surface area contributed by atoms with Crippen molar-refractivity contribution in [3.63, 3.8) is 0 Å². The third kappa shape index (κ3) is 4.18. The fourth-order valence-corrected chi connectivity index (χ4v) is 2.12. The van der Waals surface area contributed by atoms with Gasteiger partial charge in [-0.2, -0.15) is 0 Å². The molecule has 4 heteroatoms. The third-order valence-corrected chi connectivity index (χ3v) is 3.63. The number of nitrogens with one attached hydrogen (secondary N) is 1. The van der Waals surface area contributed by atoms with Gasteiger partial charge in [0.05, 0.1) is 33.5 Å². The van der Waals surface area contributed by atoms with Gasteiger partial charge in [0.1, 0.15) is 26.2 Å². The zero-order valence-electron chi connectivity index (χ0n) is 10.4. The van der Waals surface area contributed by atoms with Crippen molar-refractivity contribution in [1.82, 2.24) is 0 Å². The Labute approximate surface area is 93.3 Å². The molecule has 0 aromatic heterocycles. The molecule has 0 radical (unpaired) electrons. The molecule has 0 aromatic carbocycles. The lowest BCUT2D eigenvalue weighted by Crippen LogP contribution is -2.62. The number of hydrogen-bond acceptors (Lipinski definition) is 1. The minimum atomic E-state index is 0.328. The Hall–Kier alpha value is -0.610. The smallest absolute Gasteiger partial charge is 0.128 e. The highest BCUT2D eigenvalue weighted by molar-refractivity contribution is 5.76. The molecule has 0 aliphatic carbocycles. The van der Waals surface area contributed by atoms with Crippen LogP contribution in [-0.4, -0.2) is 68.7 Å². The first kappa shape index (κ1) is 12.5. The van der Waals surface area contributed by atoms with Gasteiger partial charge in [-0.05, 0) is 0 Å². The van der Waals surface area contributed by atoms with Crippen molar-refractivity contribution in [2.75, 3.05) is 53.9 Å². The predicted molar refractivity (Wildman–Crippen MR) is 63.8 cm³/mol. The Kier molecular flexibility index (Phi) is 3.73. The first-order chi connectivity index (χ1) is 6.83. The van der Waals surface area contributed by atoms with E-state index in [0.717, 1.165) is 21.8 Å². The van der Waals surface area contributed by atoms with E-state index in [4.69, 9.17) is 11.1 Å².